The minimum absolute atomic E-state index is 0.0466. The van der Waals surface area contributed by atoms with Crippen LogP contribution < -0.4 is 14.2 Å². The number of methoxy groups -OCH3 is 3. The second kappa shape index (κ2) is 11.8. The maximum absolute atomic E-state index is 13.7. The third kappa shape index (κ3) is 5.71. The summed E-state index contributed by atoms with van der Waals surface area (Å²) < 4.78 is 48.6. The standard InChI is InChI=1S/C27H32N6O5S/c1-17-15-28-25(29-16-17)18(2)19(3)39(34,35)32-27-31-30-26(24(38-6)20-11-8-7-9-12-20)33(27)23-21(36-4)13-10-14-22(23)37-5/h7-16,18-19,24H,1-6H3,(H,31,32)/t18?,19?,24-/m1/s1. The second-order valence-electron chi connectivity index (χ2n) is 9.01. The first-order chi connectivity index (χ1) is 18.7. The van der Waals surface area contributed by atoms with Gasteiger partial charge < -0.3 is 14.2 Å². The molecule has 4 rings (SSSR count). The van der Waals surface area contributed by atoms with Gasteiger partial charge in [0.05, 0.1) is 19.5 Å². The highest BCUT2D eigenvalue weighted by molar-refractivity contribution is 7.93. The molecule has 0 amide bonds. The van der Waals surface area contributed by atoms with Crippen molar-refractivity contribution in [1.82, 2.24) is 24.7 Å². The first-order valence-electron chi connectivity index (χ1n) is 12.3. The molecule has 0 radical (unpaired) electrons. The molecule has 0 saturated carbocycles. The predicted octanol–water partition coefficient (Wildman–Crippen LogP) is 4.05. The topological polar surface area (TPSA) is 130 Å². The third-order valence-corrected chi connectivity index (χ3v) is 8.38. The monoisotopic (exact) mass is 552 g/mol. The van der Waals surface area contributed by atoms with Crippen LogP contribution in [0.4, 0.5) is 5.95 Å². The highest BCUT2D eigenvalue weighted by atomic mass is 32.2. The largest absolute Gasteiger partial charge is 0.494 e. The summed E-state index contributed by atoms with van der Waals surface area (Å²) in [5.41, 5.74) is 2.10. The zero-order valence-electron chi connectivity index (χ0n) is 22.7. The summed E-state index contributed by atoms with van der Waals surface area (Å²) in [6.07, 6.45) is 2.65. The van der Waals surface area contributed by atoms with E-state index in [1.54, 1.807) is 56.1 Å². The van der Waals surface area contributed by atoms with Crippen molar-refractivity contribution in [2.75, 3.05) is 26.1 Å². The average Bonchev–Trinajstić information content (AvgIpc) is 3.34. The van der Waals surface area contributed by atoms with Crippen molar-refractivity contribution >= 4 is 16.0 Å². The van der Waals surface area contributed by atoms with Crippen LogP contribution in [0.2, 0.25) is 0 Å². The lowest BCUT2D eigenvalue weighted by Gasteiger charge is -2.23. The van der Waals surface area contributed by atoms with Gasteiger partial charge in [0.1, 0.15) is 29.1 Å². The van der Waals surface area contributed by atoms with Crippen LogP contribution in [-0.2, 0) is 14.8 Å². The van der Waals surface area contributed by atoms with Crippen LogP contribution in [0.5, 0.6) is 11.5 Å². The first kappa shape index (κ1) is 28.0. The van der Waals surface area contributed by atoms with Crippen molar-refractivity contribution in [1.29, 1.82) is 0 Å². The normalized spacial score (nSPS) is 13.9. The lowest BCUT2D eigenvalue weighted by Crippen LogP contribution is -2.31. The fraction of sp³-hybridized carbons (Fsp3) is 0.333. The molecule has 2 heterocycles. The van der Waals surface area contributed by atoms with Gasteiger partial charge in [-0.25, -0.2) is 18.4 Å². The molecular formula is C27H32N6O5S. The second-order valence-corrected chi connectivity index (χ2v) is 11.1. The van der Waals surface area contributed by atoms with Gasteiger partial charge in [0.25, 0.3) is 0 Å². The maximum atomic E-state index is 13.7. The number of hydrogen-bond donors (Lipinski definition) is 1. The SMILES string of the molecule is COc1cccc(OC)c1-n1c(NS(=O)(=O)C(C)C(C)c2ncc(C)cn2)nnc1[C@H](OC)c1ccccc1. The zero-order valence-corrected chi connectivity index (χ0v) is 23.5. The molecule has 0 spiro atoms. The number of ether oxygens (including phenoxy) is 3. The van der Waals surface area contributed by atoms with Crippen molar-refractivity contribution in [3.05, 3.63) is 83.7 Å². The number of aryl methyl sites for hydroxylation is 1. The predicted molar refractivity (Wildman–Crippen MR) is 147 cm³/mol. The summed E-state index contributed by atoms with van der Waals surface area (Å²) in [5.74, 6) is 1.05. The Kier molecular flexibility index (Phi) is 8.46. The maximum Gasteiger partial charge on any atom is 0.243 e. The van der Waals surface area contributed by atoms with Gasteiger partial charge in [-0.15, -0.1) is 10.2 Å². The summed E-state index contributed by atoms with van der Waals surface area (Å²) >= 11 is 0. The van der Waals surface area contributed by atoms with E-state index < -0.39 is 27.3 Å². The minimum Gasteiger partial charge on any atom is -0.494 e. The Balaban J connectivity index is 1.84. The van der Waals surface area contributed by atoms with Crippen LogP contribution in [0.25, 0.3) is 5.69 Å². The Labute approximate surface area is 228 Å². The van der Waals surface area contributed by atoms with Gasteiger partial charge in [0.15, 0.2) is 5.82 Å². The van der Waals surface area contributed by atoms with E-state index in [4.69, 9.17) is 14.2 Å². The number of benzene rings is 2. The molecule has 0 saturated heterocycles. The Morgan fingerprint density at radius 1 is 0.872 bits per heavy atom. The lowest BCUT2D eigenvalue weighted by atomic mass is 10.1. The van der Waals surface area contributed by atoms with E-state index in [1.165, 1.54) is 14.2 Å². The van der Waals surface area contributed by atoms with Crippen molar-refractivity contribution in [3.63, 3.8) is 0 Å². The molecule has 1 N–H and O–H groups in total. The van der Waals surface area contributed by atoms with Crippen LogP contribution in [0.1, 0.15) is 48.6 Å². The molecule has 0 bridgehead atoms. The summed E-state index contributed by atoms with van der Waals surface area (Å²) in [7, 11) is 0.580. The molecule has 12 heteroatoms. The Morgan fingerprint density at radius 3 is 2.05 bits per heavy atom. The average molecular weight is 553 g/mol. The van der Waals surface area contributed by atoms with Crippen molar-refractivity contribution in [3.8, 4) is 17.2 Å². The fourth-order valence-corrected chi connectivity index (χ4v) is 5.39. The van der Waals surface area contributed by atoms with Crippen LogP contribution in [0.3, 0.4) is 0 Å². The molecule has 206 valence electrons. The molecule has 0 aliphatic carbocycles. The summed E-state index contributed by atoms with van der Waals surface area (Å²) in [6.45, 7) is 5.24. The smallest absolute Gasteiger partial charge is 0.243 e. The number of rotatable bonds is 11. The molecule has 4 aromatic rings. The van der Waals surface area contributed by atoms with E-state index in [0.29, 0.717) is 28.8 Å². The molecular weight excluding hydrogens is 520 g/mol. The summed E-state index contributed by atoms with van der Waals surface area (Å²) in [5, 5.41) is 7.72. The summed E-state index contributed by atoms with van der Waals surface area (Å²) in [4.78, 5) is 8.63. The van der Waals surface area contributed by atoms with Gasteiger partial charge >= 0.3 is 0 Å². The molecule has 39 heavy (non-hydrogen) atoms. The van der Waals surface area contributed by atoms with Gasteiger partial charge in [-0.1, -0.05) is 43.3 Å². The molecule has 3 atom stereocenters. The van der Waals surface area contributed by atoms with Gasteiger partial charge in [-0.3, -0.25) is 9.29 Å². The number of sulfonamides is 1. The number of anilines is 1. The van der Waals surface area contributed by atoms with E-state index in [1.807, 2.05) is 37.3 Å². The lowest BCUT2D eigenvalue weighted by molar-refractivity contribution is 0.127. The minimum atomic E-state index is -4.00. The van der Waals surface area contributed by atoms with Crippen molar-refractivity contribution < 1.29 is 22.6 Å². The van der Waals surface area contributed by atoms with Crippen LogP contribution in [-0.4, -0.2) is 59.7 Å². The molecule has 2 aromatic heterocycles. The van der Waals surface area contributed by atoms with Crippen molar-refractivity contribution in [2.45, 2.75) is 38.0 Å². The van der Waals surface area contributed by atoms with Gasteiger partial charge in [-0.2, -0.15) is 0 Å². The number of hydrogen-bond acceptors (Lipinski definition) is 9. The molecule has 0 aliphatic rings. The van der Waals surface area contributed by atoms with E-state index in [0.717, 1.165) is 11.1 Å². The van der Waals surface area contributed by atoms with E-state index >= 15 is 0 Å². The number of para-hydroxylation sites is 1. The molecule has 0 fully saturated rings. The van der Waals surface area contributed by atoms with Gasteiger partial charge in [0, 0.05) is 25.4 Å². The number of nitrogens with one attached hydrogen (secondary N) is 1. The third-order valence-electron chi connectivity index (χ3n) is 6.52. The Hall–Kier alpha value is -4.03. The quantitative estimate of drug-likeness (QED) is 0.293. The van der Waals surface area contributed by atoms with Crippen LogP contribution in [0.15, 0.2) is 60.9 Å². The zero-order chi connectivity index (χ0) is 28.2. The molecule has 11 nitrogen and oxygen atoms in total. The van der Waals surface area contributed by atoms with E-state index in [9.17, 15) is 8.42 Å². The molecule has 2 unspecified atom stereocenters. The van der Waals surface area contributed by atoms with Gasteiger partial charge in [-0.05, 0) is 37.1 Å². The fourth-order valence-electron chi connectivity index (χ4n) is 4.16. The Bertz CT molecular complexity index is 1490. The Morgan fingerprint density at radius 2 is 1.49 bits per heavy atom. The van der Waals surface area contributed by atoms with Crippen molar-refractivity contribution in [2.24, 2.45) is 0 Å². The van der Waals surface area contributed by atoms with Crippen LogP contribution in [0, 0.1) is 6.92 Å². The highest BCUT2D eigenvalue weighted by Crippen LogP contribution is 2.38. The first-order valence-corrected chi connectivity index (χ1v) is 13.8. The number of aromatic nitrogens is 5. The summed E-state index contributed by atoms with van der Waals surface area (Å²) in [6, 6.07) is 14.7. The van der Waals surface area contributed by atoms with E-state index in [2.05, 4.69) is 24.9 Å². The van der Waals surface area contributed by atoms with Crippen LogP contribution >= 0.6 is 0 Å². The highest BCUT2D eigenvalue weighted by Gasteiger charge is 2.33. The number of nitrogens with zero attached hydrogens (tertiary/aromatic N) is 5. The molecule has 0 aliphatic heterocycles. The van der Waals surface area contributed by atoms with E-state index in [-0.39, 0.29) is 5.95 Å². The van der Waals surface area contributed by atoms with Gasteiger partial charge in [0.2, 0.25) is 16.0 Å². The molecule has 2 aromatic carbocycles.